The molecule has 1 saturated heterocycles. The molecule has 3 atom stereocenters. The van der Waals surface area contributed by atoms with Crippen LogP contribution in [0, 0.1) is 17.7 Å². The van der Waals surface area contributed by atoms with Gasteiger partial charge >= 0.3 is 0 Å². The molecule has 132 valence electrons. The molecule has 1 saturated carbocycles. The van der Waals surface area contributed by atoms with Crippen molar-refractivity contribution in [1.82, 2.24) is 4.90 Å². The Kier molecular flexibility index (Phi) is 5.25. The molecule has 0 radical (unpaired) electrons. The number of thioether (sulfide) groups is 2. The van der Waals surface area contributed by atoms with Crippen LogP contribution in [0.15, 0.2) is 58.3 Å². The first-order valence-corrected chi connectivity index (χ1v) is 10.6. The third kappa shape index (κ3) is 4.33. The van der Waals surface area contributed by atoms with Gasteiger partial charge in [-0.1, -0.05) is 0 Å². The summed E-state index contributed by atoms with van der Waals surface area (Å²) in [5.74, 6) is 2.80. The second-order valence-corrected chi connectivity index (χ2v) is 9.38. The minimum Gasteiger partial charge on any atom is -0.508 e. The van der Waals surface area contributed by atoms with Crippen LogP contribution in [0.2, 0.25) is 0 Å². The van der Waals surface area contributed by atoms with Gasteiger partial charge in [-0.15, -0.1) is 23.5 Å². The topological polar surface area (TPSA) is 23.5 Å². The van der Waals surface area contributed by atoms with Crippen molar-refractivity contribution in [2.45, 2.75) is 27.9 Å². The Bertz CT molecular complexity index is 693. The predicted molar refractivity (Wildman–Crippen MR) is 103 cm³/mol. The highest BCUT2D eigenvalue weighted by atomic mass is 32.2. The fraction of sp³-hybridized carbons (Fsp3) is 0.400. The summed E-state index contributed by atoms with van der Waals surface area (Å²) < 4.78 is 13.0. The molecule has 2 nitrogen and oxygen atoms in total. The molecule has 4 rings (SSSR count). The maximum Gasteiger partial charge on any atom is 0.123 e. The number of nitrogens with zero attached hydrogens (tertiary/aromatic N) is 1. The van der Waals surface area contributed by atoms with E-state index in [0.29, 0.717) is 11.0 Å². The van der Waals surface area contributed by atoms with Gasteiger partial charge in [0.05, 0.1) is 0 Å². The Morgan fingerprint density at radius 1 is 0.920 bits per heavy atom. The molecule has 2 aliphatic rings. The molecule has 0 unspecified atom stereocenters. The van der Waals surface area contributed by atoms with Crippen molar-refractivity contribution in [3.63, 3.8) is 0 Å². The third-order valence-electron chi connectivity index (χ3n) is 5.15. The molecular formula is C20H22FNOS2. The number of hydrogen-bond donors (Lipinski definition) is 1. The monoisotopic (exact) mass is 375 g/mol. The number of benzene rings is 2. The highest BCUT2D eigenvalue weighted by Crippen LogP contribution is 2.45. The molecule has 25 heavy (non-hydrogen) atoms. The number of likely N-dealkylation sites (tertiary alicyclic amines) is 1. The number of halogens is 1. The van der Waals surface area contributed by atoms with Crippen LogP contribution in [-0.2, 0) is 0 Å². The number of hydrogen-bond acceptors (Lipinski definition) is 4. The molecule has 1 aliphatic carbocycles. The van der Waals surface area contributed by atoms with Crippen molar-refractivity contribution in [2.75, 3.05) is 19.0 Å². The van der Waals surface area contributed by atoms with Gasteiger partial charge in [-0.2, -0.15) is 0 Å². The van der Waals surface area contributed by atoms with Crippen LogP contribution in [0.4, 0.5) is 4.39 Å². The fourth-order valence-corrected chi connectivity index (χ4v) is 6.19. The molecule has 1 aliphatic heterocycles. The van der Waals surface area contributed by atoms with E-state index in [1.165, 1.54) is 35.7 Å². The maximum absolute atomic E-state index is 13.0. The zero-order valence-corrected chi connectivity index (χ0v) is 15.6. The lowest BCUT2D eigenvalue weighted by Gasteiger charge is -2.18. The van der Waals surface area contributed by atoms with Gasteiger partial charge in [0.1, 0.15) is 11.6 Å². The quantitative estimate of drug-likeness (QED) is 0.736. The van der Waals surface area contributed by atoms with Crippen molar-refractivity contribution in [1.29, 1.82) is 0 Å². The van der Waals surface area contributed by atoms with E-state index >= 15 is 0 Å². The average molecular weight is 376 g/mol. The fourth-order valence-electron chi connectivity index (χ4n) is 3.96. The van der Waals surface area contributed by atoms with E-state index in [2.05, 4.69) is 4.90 Å². The van der Waals surface area contributed by atoms with E-state index in [4.69, 9.17) is 0 Å². The Hall–Kier alpha value is -1.17. The summed E-state index contributed by atoms with van der Waals surface area (Å²) in [6, 6.07) is 14.4. The molecular weight excluding hydrogens is 353 g/mol. The van der Waals surface area contributed by atoms with Crippen LogP contribution in [0.3, 0.4) is 0 Å². The van der Waals surface area contributed by atoms with Crippen LogP contribution < -0.4 is 0 Å². The van der Waals surface area contributed by atoms with Crippen LogP contribution in [-0.4, -0.2) is 34.2 Å². The minimum absolute atomic E-state index is 0.158. The molecule has 1 heterocycles. The van der Waals surface area contributed by atoms with E-state index in [1.54, 1.807) is 24.3 Å². The summed E-state index contributed by atoms with van der Waals surface area (Å²) >= 11 is 3.76. The summed E-state index contributed by atoms with van der Waals surface area (Å²) in [6.07, 6.45) is 2.54. The van der Waals surface area contributed by atoms with Crippen LogP contribution in [0.5, 0.6) is 5.75 Å². The Morgan fingerprint density at radius 2 is 1.52 bits per heavy atom. The molecule has 0 aromatic heterocycles. The summed E-state index contributed by atoms with van der Waals surface area (Å²) in [7, 11) is 0. The summed E-state index contributed by atoms with van der Waals surface area (Å²) in [5.41, 5.74) is 0. The molecule has 2 aromatic rings. The largest absolute Gasteiger partial charge is 0.508 e. The Morgan fingerprint density at radius 3 is 2.16 bits per heavy atom. The average Bonchev–Trinajstić information content (AvgIpc) is 3.14. The van der Waals surface area contributed by atoms with Gasteiger partial charge in [-0.3, -0.25) is 4.90 Å². The van der Waals surface area contributed by atoms with E-state index in [1.807, 2.05) is 47.8 Å². The van der Waals surface area contributed by atoms with Crippen LogP contribution >= 0.6 is 23.5 Å². The Labute approximate surface area is 156 Å². The SMILES string of the molecule is Oc1ccc(SCN2C[C@H]3C[C@H](Sc4ccc(F)cc4)C[C@H]3C2)cc1. The summed E-state index contributed by atoms with van der Waals surface area (Å²) in [4.78, 5) is 4.96. The smallest absolute Gasteiger partial charge is 0.123 e. The van der Waals surface area contributed by atoms with E-state index in [0.717, 1.165) is 17.7 Å². The zero-order valence-electron chi connectivity index (χ0n) is 14.0. The minimum atomic E-state index is -0.158. The van der Waals surface area contributed by atoms with E-state index < -0.39 is 0 Å². The van der Waals surface area contributed by atoms with Crippen molar-refractivity contribution >= 4 is 23.5 Å². The van der Waals surface area contributed by atoms with Gasteiger partial charge in [-0.05, 0) is 73.2 Å². The first-order chi connectivity index (χ1) is 12.2. The number of phenolic OH excluding ortho intramolecular Hbond substituents is 1. The number of fused-ring (bicyclic) bond motifs is 1. The number of phenols is 1. The molecule has 2 aromatic carbocycles. The maximum atomic E-state index is 13.0. The van der Waals surface area contributed by atoms with Gasteiger partial charge in [0.15, 0.2) is 0 Å². The number of aromatic hydroxyl groups is 1. The van der Waals surface area contributed by atoms with Crippen LogP contribution in [0.25, 0.3) is 0 Å². The third-order valence-corrected chi connectivity index (χ3v) is 7.51. The Balaban J connectivity index is 1.24. The lowest BCUT2D eigenvalue weighted by molar-refractivity contribution is 0.365. The lowest BCUT2D eigenvalue weighted by atomic mass is 10.0. The molecule has 5 heteroatoms. The second kappa shape index (κ2) is 7.60. The van der Waals surface area contributed by atoms with Crippen molar-refractivity contribution in [3.05, 3.63) is 54.3 Å². The normalized spacial score (nSPS) is 26.0. The van der Waals surface area contributed by atoms with Gasteiger partial charge in [0.2, 0.25) is 0 Å². The van der Waals surface area contributed by atoms with Gasteiger partial charge in [0, 0.05) is 34.0 Å². The first-order valence-electron chi connectivity index (χ1n) is 8.72. The molecule has 0 amide bonds. The van der Waals surface area contributed by atoms with E-state index in [9.17, 15) is 9.50 Å². The molecule has 0 bridgehead atoms. The number of rotatable bonds is 5. The summed E-state index contributed by atoms with van der Waals surface area (Å²) in [5, 5.41) is 10.0. The van der Waals surface area contributed by atoms with Gasteiger partial charge in [0.25, 0.3) is 0 Å². The standard InChI is InChI=1S/C20H22FNOS2/c21-16-1-5-19(6-2-16)25-20-9-14-11-22(12-15(14)10-20)13-24-18-7-3-17(23)4-8-18/h1-8,14-15,20,23H,9-13H2/t14-,15+,20+. The van der Waals surface area contributed by atoms with Crippen molar-refractivity contribution < 1.29 is 9.50 Å². The van der Waals surface area contributed by atoms with Crippen LogP contribution in [0.1, 0.15) is 12.8 Å². The molecule has 2 fully saturated rings. The first kappa shape index (κ1) is 17.3. The van der Waals surface area contributed by atoms with E-state index in [-0.39, 0.29) is 5.82 Å². The lowest BCUT2D eigenvalue weighted by Crippen LogP contribution is -2.22. The van der Waals surface area contributed by atoms with Crippen molar-refractivity contribution in [2.24, 2.45) is 11.8 Å². The highest BCUT2D eigenvalue weighted by Gasteiger charge is 2.40. The van der Waals surface area contributed by atoms with Gasteiger partial charge in [-0.25, -0.2) is 4.39 Å². The van der Waals surface area contributed by atoms with Gasteiger partial charge < -0.3 is 5.11 Å². The predicted octanol–water partition coefficient (Wildman–Crippen LogP) is 5.08. The second-order valence-electron chi connectivity index (χ2n) is 6.99. The zero-order chi connectivity index (χ0) is 17.2. The molecule has 1 N–H and O–H groups in total. The highest BCUT2D eigenvalue weighted by molar-refractivity contribution is 8.00. The van der Waals surface area contributed by atoms with Crippen molar-refractivity contribution in [3.8, 4) is 5.75 Å². The summed E-state index contributed by atoms with van der Waals surface area (Å²) in [6.45, 7) is 2.38. The molecule has 0 spiro atoms.